The molecule has 0 amide bonds. The number of allylic oxidation sites excluding steroid dienone is 4. The van der Waals surface area contributed by atoms with Crippen LogP contribution in [-0.2, 0) is 0 Å². The molecule has 0 N–H and O–H groups in total. The fraction of sp³-hybridized carbons (Fsp3) is 0.0244. The lowest BCUT2D eigenvalue weighted by molar-refractivity contribution is 1.16. The highest BCUT2D eigenvalue weighted by Crippen LogP contribution is 2.51. The SMILES string of the molecule is C=C/C(=C\C=C/C)N(c1ccccc1)c1ccc(-n2c3ccccc3c3c4cccc5c4c(cc32)-c2ccccc2-5)cc1. The second-order valence-corrected chi connectivity index (χ2v) is 11.0. The second-order valence-electron chi connectivity index (χ2n) is 11.0. The first kappa shape index (κ1) is 25.1. The van der Waals surface area contributed by atoms with Gasteiger partial charge in [-0.25, -0.2) is 0 Å². The minimum Gasteiger partial charge on any atom is -0.311 e. The van der Waals surface area contributed by atoms with E-state index >= 15 is 0 Å². The fourth-order valence-corrected chi connectivity index (χ4v) is 6.81. The summed E-state index contributed by atoms with van der Waals surface area (Å²) in [7, 11) is 0. The largest absolute Gasteiger partial charge is 0.311 e. The third-order valence-electron chi connectivity index (χ3n) is 8.61. The number of fused-ring (bicyclic) bond motifs is 7. The first-order valence-corrected chi connectivity index (χ1v) is 14.8. The molecule has 6 aromatic carbocycles. The summed E-state index contributed by atoms with van der Waals surface area (Å²) in [5.41, 5.74) is 12.0. The number of anilines is 2. The smallest absolute Gasteiger partial charge is 0.0553 e. The minimum absolute atomic E-state index is 1.01. The third-order valence-corrected chi connectivity index (χ3v) is 8.61. The van der Waals surface area contributed by atoms with Gasteiger partial charge in [-0.3, -0.25) is 0 Å². The van der Waals surface area contributed by atoms with Crippen molar-refractivity contribution in [2.45, 2.75) is 6.92 Å². The maximum absolute atomic E-state index is 4.13. The molecule has 0 radical (unpaired) electrons. The Morgan fingerprint density at radius 2 is 1.26 bits per heavy atom. The number of aromatic nitrogens is 1. The van der Waals surface area contributed by atoms with Gasteiger partial charge in [0.1, 0.15) is 0 Å². The van der Waals surface area contributed by atoms with Crippen LogP contribution in [0.15, 0.2) is 164 Å². The van der Waals surface area contributed by atoms with E-state index in [1.54, 1.807) is 0 Å². The average Bonchev–Trinajstić information content (AvgIpc) is 3.58. The number of hydrogen-bond acceptors (Lipinski definition) is 1. The highest BCUT2D eigenvalue weighted by molar-refractivity contribution is 6.29. The van der Waals surface area contributed by atoms with Gasteiger partial charge < -0.3 is 9.47 Å². The molecule has 0 saturated heterocycles. The van der Waals surface area contributed by atoms with Gasteiger partial charge in [0.2, 0.25) is 0 Å². The summed E-state index contributed by atoms with van der Waals surface area (Å²) in [5.74, 6) is 0. The van der Waals surface area contributed by atoms with Crippen LogP contribution < -0.4 is 4.90 Å². The van der Waals surface area contributed by atoms with Crippen molar-refractivity contribution in [3.63, 3.8) is 0 Å². The van der Waals surface area contributed by atoms with Gasteiger partial charge >= 0.3 is 0 Å². The van der Waals surface area contributed by atoms with Crippen LogP contribution in [0.4, 0.5) is 11.4 Å². The van der Waals surface area contributed by atoms with E-state index in [-0.39, 0.29) is 0 Å². The van der Waals surface area contributed by atoms with Crippen molar-refractivity contribution in [3.05, 3.63) is 164 Å². The normalized spacial score (nSPS) is 12.4. The first-order chi connectivity index (χ1) is 21.3. The van der Waals surface area contributed by atoms with Crippen LogP contribution >= 0.6 is 0 Å². The monoisotopic (exact) mass is 550 g/mol. The van der Waals surface area contributed by atoms with Gasteiger partial charge in [-0.1, -0.05) is 97.6 Å². The Kier molecular flexibility index (Phi) is 5.87. The predicted octanol–water partition coefficient (Wildman–Crippen LogP) is 11.4. The summed E-state index contributed by atoms with van der Waals surface area (Å²) in [6.45, 7) is 6.15. The maximum atomic E-state index is 4.13. The molecule has 0 fully saturated rings. The second kappa shape index (κ2) is 10.0. The van der Waals surface area contributed by atoms with E-state index in [9.17, 15) is 0 Å². The number of nitrogens with zero attached hydrogens (tertiary/aromatic N) is 2. The van der Waals surface area contributed by atoms with Gasteiger partial charge in [0.25, 0.3) is 0 Å². The van der Waals surface area contributed by atoms with Gasteiger partial charge in [0, 0.05) is 33.5 Å². The Bertz CT molecular complexity index is 2250. The van der Waals surface area contributed by atoms with Crippen molar-refractivity contribution >= 4 is 44.0 Å². The number of benzene rings is 6. The molecular weight excluding hydrogens is 520 g/mol. The van der Waals surface area contributed by atoms with Gasteiger partial charge in [0.05, 0.1) is 11.0 Å². The van der Waals surface area contributed by atoms with Crippen LogP contribution in [-0.4, -0.2) is 4.57 Å². The zero-order chi connectivity index (χ0) is 28.9. The van der Waals surface area contributed by atoms with E-state index in [2.05, 4.69) is 150 Å². The molecule has 43 heavy (non-hydrogen) atoms. The van der Waals surface area contributed by atoms with E-state index in [0.29, 0.717) is 0 Å². The quantitative estimate of drug-likeness (QED) is 0.187. The molecule has 1 aliphatic rings. The summed E-state index contributed by atoms with van der Waals surface area (Å²) in [6, 6.07) is 46.1. The molecule has 2 nitrogen and oxygen atoms in total. The summed E-state index contributed by atoms with van der Waals surface area (Å²) < 4.78 is 2.43. The molecular formula is C41H30N2. The molecule has 0 bridgehead atoms. The number of hydrogen-bond donors (Lipinski definition) is 0. The van der Waals surface area contributed by atoms with E-state index in [1.165, 1.54) is 54.8 Å². The first-order valence-electron chi connectivity index (χ1n) is 14.8. The zero-order valence-electron chi connectivity index (χ0n) is 24.0. The van der Waals surface area contributed by atoms with E-state index in [4.69, 9.17) is 0 Å². The van der Waals surface area contributed by atoms with Crippen molar-refractivity contribution < 1.29 is 0 Å². The molecule has 1 aromatic heterocycles. The Labute approximate surface area is 251 Å². The molecule has 8 rings (SSSR count). The Balaban J connectivity index is 1.36. The molecule has 0 unspecified atom stereocenters. The van der Waals surface area contributed by atoms with E-state index < -0.39 is 0 Å². The lowest BCUT2D eigenvalue weighted by atomic mass is 9.98. The molecule has 0 saturated carbocycles. The predicted molar refractivity (Wildman–Crippen MR) is 184 cm³/mol. The van der Waals surface area contributed by atoms with Crippen molar-refractivity contribution in [2.75, 3.05) is 4.90 Å². The molecule has 2 heteroatoms. The molecule has 7 aromatic rings. The highest BCUT2D eigenvalue weighted by Gasteiger charge is 2.25. The average molecular weight is 551 g/mol. The van der Waals surface area contributed by atoms with Crippen molar-refractivity contribution in [3.8, 4) is 27.9 Å². The van der Waals surface area contributed by atoms with Crippen molar-refractivity contribution in [1.29, 1.82) is 0 Å². The lowest BCUT2D eigenvalue weighted by Crippen LogP contribution is -2.15. The summed E-state index contributed by atoms with van der Waals surface area (Å²) in [4.78, 5) is 2.25. The van der Waals surface area contributed by atoms with Crippen LogP contribution in [0.1, 0.15) is 6.92 Å². The lowest BCUT2D eigenvalue weighted by Gasteiger charge is -2.26. The zero-order valence-corrected chi connectivity index (χ0v) is 24.0. The maximum Gasteiger partial charge on any atom is 0.0553 e. The minimum atomic E-state index is 1.01. The summed E-state index contributed by atoms with van der Waals surface area (Å²) in [6.07, 6.45) is 8.10. The van der Waals surface area contributed by atoms with Crippen molar-refractivity contribution in [1.82, 2.24) is 4.57 Å². The molecule has 0 aliphatic heterocycles. The van der Waals surface area contributed by atoms with Crippen LogP contribution in [0.3, 0.4) is 0 Å². The van der Waals surface area contributed by atoms with Gasteiger partial charge in [-0.2, -0.15) is 0 Å². The number of para-hydroxylation sites is 2. The van der Waals surface area contributed by atoms with Gasteiger partial charge in [0.15, 0.2) is 0 Å². The molecule has 0 spiro atoms. The van der Waals surface area contributed by atoms with E-state index in [1.807, 2.05) is 25.1 Å². The van der Waals surface area contributed by atoms with Crippen LogP contribution in [0.2, 0.25) is 0 Å². The van der Waals surface area contributed by atoms with Gasteiger partial charge in [-0.15, -0.1) is 0 Å². The highest BCUT2D eigenvalue weighted by atomic mass is 15.1. The molecule has 1 heterocycles. The molecule has 204 valence electrons. The Morgan fingerprint density at radius 3 is 2.02 bits per heavy atom. The summed E-state index contributed by atoms with van der Waals surface area (Å²) in [5, 5.41) is 5.25. The molecule has 0 atom stereocenters. The number of rotatable bonds is 6. The van der Waals surface area contributed by atoms with E-state index in [0.717, 1.165) is 22.8 Å². The fourth-order valence-electron chi connectivity index (χ4n) is 6.81. The topological polar surface area (TPSA) is 8.17 Å². The Hall–Kier alpha value is -5.60. The molecule has 1 aliphatic carbocycles. The Morgan fingerprint density at radius 1 is 0.605 bits per heavy atom. The van der Waals surface area contributed by atoms with Crippen LogP contribution in [0, 0.1) is 0 Å². The summed E-state index contributed by atoms with van der Waals surface area (Å²) >= 11 is 0. The third kappa shape index (κ3) is 3.80. The van der Waals surface area contributed by atoms with Crippen molar-refractivity contribution in [2.24, 2.45) is 0 Å². The van der Waals surface area contributed by atoms with Crippen LogP contribution in [0.5, 0.6) is 0 Å². The van der Waals surface area contributed by atoms with Gasteiger partial charge in [-0.05, 0) is 101 Å². The van der Waals surface area contributed by atoms with Crippen LogP contribution in [0.25, 0.3) is 60.5 Å². The standard InChI is InChI=1S/C41H30N2/c1-3-5-14-28(4-2)42(29-15-7-6-8-16-29)30-23-25-31(26-24-30)43-38-22-12-11-19-35(38)41-36-21-13-20-34-32-17-9-10-18-33(32)37(40(34)36)27-39(41)43/h3-27H,2H2,1H3/b5-3-,28-14+.